The van der Waals surface area contributed by atoms with Crippen molar-refractivity contribution in [2.24, 2.45) is 11.8 Å². The van der Waals surface area contributed by atoms with Gasteiger partial charge in [0.25, 0.3) is 5.91 Å². The van der Waals surface area contributed by atoms with Gasteiger partial charge in [-0.3, -0.25) is 24.1 Å². The molecule has 154 valence electrons. The number of rotatable bonds is 7. The lowest BCUT2D eigenvalue weighted by Gasteiger charge is -2.16. The minimum absolute atomic E-state index is 0.0340. The highest BCUT2D eigenvalue weighted by Crippen LogP contribution is 2.35. The summed E-state index contributed by atoms with van der Waals surface area (Å²) in [6.07, 6.45) is 3.75. The van der Waals surface area contributed by atoms with Gasteiger partial charge >= 0.3 is 5.97 Å². The monoisotopic (exact) mass is 400 g/mol. The van der Waals surface area contributed by atoms with Gasteiger partial charge in [0.05, 0.1) is 25.4 Å². The first-order valence-corrected chi connectivity index (χ1v) is 9.55. The van der Waals surface area contributed by atoms with Crippen LogP contribution in [0.3, 0.4) is 0 Å². The number of hydrogen-bond donors (Lipinski definition) is 1. The number of amides is 3. The molecular formula is C21H24N2O6. The van der Waals surface area contributed by atoms with Gasteiger partial charge in [-0.15, -0.1) is 0 Å². The zero-order valence-electron chi connectivity index (χ0n) is 16.4. The van der Waals surface area contributed by atoms with Crippen LogP contribution >= 0.6 is 0 Å². The molecule has 0 saturated carbocycles. The highest BCUT2D eigenvalue weighted by Gasteiger charge is 2.47. The Morgan fingerprint density at radius 3 is 2.45 bits per heavy atom. The van der Waals surface area contributed by atoms with E-state index in [1.54, 1.807) is 24.3 Å². The summed E-state index contributed by atoms with van der Waals surface area (Å²) in [5.41, 5.74) is 0.515. The molecule has 0 aromatic heterocycles. The second kappa shape index (κ2) is 8.89. The Morgan fingerprint density at radius 1 is 1.17 bits per heavy atom. The highest BCUT2D eigenvalue weighted by molar-refractivity contribution is 6.05. The van der Waals surface area contributed by atoms with Gasteiger partial charge in [-0.05, 0) is 31.9 Å². The van der Waals surface area contributed by atoms with Crippen molar-refractivity contribution in [3.8, 4) is 5.75 Å². The number of methoxy groups -OCH3 is 1. The Bertz CT molecular complexity index is 823. The van der Waals surface area contributed by atoms with Gasteiger partial charge in [0.15, 0.2) is 6.10 Å². The van der Waals surface area contributed by atoms with Crippen LogP contribution in [0.5, 0.6) is 5.75 Å². The van der Waals surface area contributed by atoms with Crippen molar-refractivity contribution < 1.29 is 28.7 Å². The Labute approximate surface area is 168 Å². The van der Waals surface area contributed by atoms with E-state index in [4.69, 9.17) is 9.47 Å². The Morgan fingerprint density at radius 2 is 1.83 bits per heavy atom. The third kappa shape index (κ3) is 4.64. The number of imide groups is 1. The van der Waals surface area contributed by atoms with E-state index >= 15 is 0 Å². The minimum atomic E-state index is -1.02. The quantitative estimate of drug-likeness (QED) is 0.426. The van der Waals surface area contributed by atoms with Crippen LogP contribution in [0.25, 0.3) is 0 Å². The molecule has 3 atom stereocenters. The third-order valence-electron chi connectivity index (χ3n) is 5.15. The molecule has 1 fully saturated rings. The predicted molar refractivity (Wildman–Crippen MR) is 104 cm³/mol. The molecule has 1 saturated heterocycles. The molecule has 1 aliphatic heterocycles. The molecule has 2 aliphatic rings. The van der Waals surface area contributed by atoms with Crippen molar-refractivity contribution >= 4 is 29.4 Å². The number of esters is 1. The normalized spacial score (nSPS) is 21.5. The molecule has 1 aliphatic carbocycles. The van der Waals surface area contributed by atoms with Crippen LogP contribution in [0, 0.1) is 11.8 Å². The zero-order valence-corrected chi connectivity index (χ0v) is 16.4. The molecule has 0 radical (unpaired) electrons. The third-order valence-corrected chi connectivity index (χ3v) is 5.15. The van der Waals surface area contributed by atoms with Gasteiger partial charge in [0.2, 0.25) is 11.8 Å². The average Bonchev–Trinajstić information content (AvgIpc) is 2.97. The molecule has 8 nitrogen and oxygen atoms in total. The van der Waals surface area contributed by atoms with Crippen LogP contribution in [-0.2, 0) is 23.9 Å². The van der Waals surface area contributed by atoms with Crippen molar-refractivity contribution in [2.75, 3.05) is 19.0 Å². The lowest BCUT2D eigenvalue weighted by atomic mass is 9.85. The number of nitrogens with zero attached hydrogens (tertiary/aromatic N) is 1. The van der Waals surface area contributed by atoms with Crippen molar-refractivity contribution in [3.63, 3.8) is 0 Å². The summed E-state index contributed by atoms with van der Waals surface area (Å²) in [6.45, 7) is 1.42. The molecule has 1 aromatic carbocycles. The van der Waals surface area contributed by atoms with Crippen LogP contribution < -0.4 is 10.1 Å². The smallest absolute Gasteiger partial charge is 0.308 e. The number of anilines is 1. The first-order chi connectivity index (χ1) is 13.9. The number of allylic oxidation sites excluding steroid dienone is 2. The molecule has 3 rings (SSSR count). The fourth-order valence-electron chi connectivity index (χ4n) is 3.55. The van der Waals surface area contributed by atoms with Crippen molar-refractivity contribution in [1.82, 2.24) is 4.90 Å². The number of ether oxygens (including phenoxy) is 2. The summed E-state index contributed by atoms with van der Waals surface area (Å²) >= 11 is 0. The standard InChI is InChI=1S/C21H24N2O6/c1-13(19(25)22-14-6-5-7-15(12-14)28-2)29-18(24)10-11-23-20(26)16-8-3-4-9-17(16)21(23)27/h3-7,12-13,16-17H,8-11H2,1-2H3,(H,22,25)/t13-,16+,17+/m0/s1. The average molecular weight is 400 g/mol. The molecule has 1 heterocycles. The van der Waals surface area contributed by atoms with E-state index in [-0.39, 0.29) is 36.6 Å². The molecular weight excluding hydrogens is 376 g/mol. The van der Waals surface area contributed by atoms with Crippen LogP contribution in [0.2, 0.25) is 0 Å². The lowest BCUT2D eigenvalue weighted by Crippen LogP contribution is -2.35. The summed E-state index contributed by atoms with van der Waals surface area (Å²) < 4.78 is 10.2. The van der Waals surface area contributed by atoms with Crippen LogP contribution in [0.15, 0.2) is 36.4 Å². The van der Waals surface area contributed by atoms with Crippen molar-refractivity contribution in [2.45, 2.75) is 32.3 Å². The van der Waals surface area contributed by atoms with E-state index in [1.165, 1.54) is 14.0 Å². The molecule has 1 N–H and O–H groups in total. The zero-order chi connectivity index (χ0) is 21.0. The Kier molecular flexibility index (Phi) is 6.31. The maximum atomic E-state index is 12.4. The van der Waals surface area contributed by atoms with Gasteiger partial charge in [-0.25, -0.2) is 0 Å². The molecule has 1 aromatic rings. The summed E-state index contributed by atoms with van der Waals surface area (Å²) in [7, 11) is 1.52. The first kappa shape index (κ1) is 20.6. The second-order valence-corrected chi connectivity index (χ2v) is 7.09. The van der Waals surface area contributed by atoms with Gasteiger partial charge in [-0.1, -0.05) is 18.2 Å². The summed E-state index contributed by atoms with van der Waals surface area (Å²) in [4.78, 5) is 50.3. The fraction of sp³-hybridized carbons (Fsp3) is 0.429. The minimum Gasteiger partial charge on any atom is -0.497 e. The number of nitrogens with one attached hydrogen (secondary N) is 1. The maximum Gasteiger partial charge on any atom is 0.308 e. The van der Waals surface area contributed by atoms with Crippen LogP contribution in [0.1, 0.15) is 26.2 Å². The summed E-state index contributed by atoms with van der Waals surface area (Å²) in [5.74, 6) is -1.67. The number of likely N-dealkylation sites (tertiary alicyclic amines) is 1. The highest BCUT2D eigenvalue weighted by atomic mass is 16.5. The lowest BCUT2D eigenvalue weighted by molar-refractivity contribution is -0.154. The number of carbonyl (C=O) groups is 4. The van der Waals surface area contributed by atoms with Crippen molar-refractivity contribution in [1.29, 1.82) is 0 Å². The molecule has 3 amide bonds. The van der Waals surface area contributed by atoms with Crippen LogP contribution in [-0.4, -0.2) is 48.3 Å². The maximum absolute atomic E-state index is 12.4. The predicted octanol–water partition coefficient (Wildman–Crippen LogP) is 1.91. The Hall–Kier alpha value is -3.16. The van der Waals surface area contributed by atoms with Crippen LogP contribution in [0.4, 0.5) is 5.69 Å². The Balaban J connectivity index is 1.48. The number of fused-ring (bicyclic) bond motifs is 1. The van der Waals surface area contributed by atoms with Gasteiger partial charge in [-0.2, -0.15) is 0 Å². The number of carbonyl (C=O) groups excluding carboxylic acids is 4. The number of hydrogen-bond acceptors (Lipinski definition) is 6. The largest absolute Gasteiger partial charge is 0.497 e. The van der Waals surface area contributed by atoms with E-state index in [2.05, 4.69) is 5.32 Å². The molecule has 0 spiro atoms. The summed E-state index contributed by atoms with van der Waals surface area (Å²) in [5, 5.41) is 2.65. The molecule has 8 heteroatoms. The van der Waals surface area contributed by atoms with E-state index < -0.39 is 18.0 Å². The molecule has 0 unspecified atom stereocenters. The van der Waals surface area contributed by atoms with Gasteiger partial charge in [0, 0.05) is 18.3 Å². The SMILES string of the molecule is COc1cccc(NC(=O)[C@H](C)OC(=O)CCN2C(=O)[C@@H]3CC=CC[C@H]3C2=O)c1. The molecule has 29 heavy (non-hydrogen) atoms. The first-order valence-electron chi connectivity index (χ1n) is 9.55. The van der Waals surface area contributed by atoms with E-state index in [1.807, 2.05) is 12.2 Å². The fourth-order valence-corrected chi connectivity index (χ4v) is 3.55. The van der Waals surface area contributed by atoms with E-state index in [0.29, 0.717) is 24.3 Å². The van der Waals surface area contributed by atoms with Gasteiger partial charge < -0.3 is 14.8 Å². The number of benzene rings is 1. The van der Waals surface area contributed by atoms with Gasteiger partial charge in [0.1, 0.15) is 5.75 Å². The molecule has 0 bridgehead atoms. The topological polar surface area (TPSA) is 102 Å². The van der Waals surface area contributed by atoms with E-state index in [9.17, 15) is 19.2 Å². The summed E-state index contributed by atoms with van der Waals surface area (Å²) in [6, 6.07) is 6.80. The van der Waals surface area contributed by atoms with Crippen molar-refractivity contribution in [3.05, 3.63) is 36.4 Å². The van der Waals surface area contributed by atoms with E-state index in [0.717, 1.165) is 4.90 Å². The second-order valence-electron chi connectivity index (χ2n) is 7.09.